The van der Waals surface area contributed by atoms with E-state index in [-0.39, 0.29) is 22.3 Å². The van der Waals surface area contributed by atoms with Gasteiger partial charge < -0.3 is 0 Å². The van der Waals surface area contributed by atoms with Gasteiger partial charge in [-0.3, -0.25) is 0 Å². The molecule has 1 aliphatic carbocycles. The average Bonchev–Trinajstić information content (AvgIpc) is 2.60. The van der Waals surface area contributed by atoms with E-state index in [0.717, 1.165) is 12.5 Å². The Hall–Kier alpha value is -2.69. The fraction of sp³-hybridized carbons (Fsp3) is 0.143. The molecule has 0 saturated carbocycles. The van der Waals surface area contributed by atoms with Gasteiger partial charge in [0.1, 0.15) is 5.82 Å². The second-order valence-corrected chi connectivity index (χ2v) is 6.29. The van der Waals surface area contributed by atoms with Crippen LogP contribution in [0.5, 0.6) is 0 Å². The molecule has 1 aliphatic rings. The summed E-state index contributed by atoms with van der Waals surface area (Å²) < 4.78 is 71.3. The van der Waals surface area contributed by atoms with Crippen LogP contribution in [-0.4, -0.2) is 0 Å². The van der Waals surface area contributed by atoms with Crippen LogP contribution in [0.1, 0.15) is 18.9 Å². The molecule has 0 spiro atoms. The maximum Gasteiger partial charge on any atom is 0.168 e. The van der Waals surface area contributed by atoms with E-state index in [2.05, 4.69) is 0 Å². The van der Waals surface area contributed by atoms with E-state index in [0.29, 0.717) is 23.1 Å². The Morgan fingerprint density at radius 2 is 1.38 bits per heavy atom. The van der Waals surface area contributed by atoms with E-state index in [4.69, 9.17) is 0 Å². The number of hydrogen-bond acceptors (Lipinski definition) is 0. The molecule has 3 aromatic carbocycles. The Morgan fingerprint density at radius 3 is 2.12 bits per heavy atom. The summed E-state index contributed by atoms with van der Waals surface area (Å²) in [6.07, 6.45) is 1.21. The molecule has 0 saturated heterocycles. The van der Waals surface area contributed by atoms with Crippen LogP contribution in [0.2, 0.25) is 0 Å². The van der Waals surface area contributed by atoms with Crippen molar-refractivity contribution in [3.05, 3.63) is 71.0 Å². The molecule has 3 aromatic rings. The highest BCUT2D eigenvalue weighted by molar-refractivity contribution is 6.04. The molecule has 0 radical (unpaired) electrons. The van der Waals surface area contributed by atoms with E-state index in [1.54, 1.807) is 12.1 Å². The van der Waals surface area contributed by atoms with Crippen LogP contribution in [0.25, 0.3) is 33.4 Å². The average molecular weight is 360 g/mol. The third kappa shape index (κ3) is 2.19. The van der Waals surface area contributed by atoms with Crippen molar-refractivity contribution in [2.24, 2.45) is 0 Å². The Labute approximate surface area is 146 Å². The van der Waals surface area contributed by atoms with Gasteiger partial charge in [0.25, 0.3) is 0 Å². The second kappa shape index (κ2) is 5.94. The fourth-order valence-corrected chi connectivity index (χ4v) is 3.48. The van der Waals surface area contributed by atoms with Crippen molar-refractivity contribution >= 4 is 0 Å². The summed E-state index contributed by atoms with van der Waals surface area (Å²) in [6.45, 7) is 1.90. The summed E-state index contributed by atoms with van der Waals surface area (Å²) in [4.78, 5) is 0. The van der Waals surface area contributed by atoms with Crippen LogP contribution in [0.3, 0.4) is 0 Å². The summed E-state index contributed by atoms with van der Waals surface area (Å²) in [5, 5.41) is 0. The van der Waals surface area contributed by atoms with E-state index >= 15 is 0 Å². The number of aryl methyl sites for hydroxylation is 1. The zero-order valence-electron chi connectivity index (χ0n) is 13.8. The molecule has 0 heterocycles. The van der Waals surface area contributed by atoms with Crippen molar-refractivity contribution in [3.8, 4) is 33.4 Å². The summed E-state index contributed by atoms with van der Waals surface area (Å²) in [6, 6.07) is 7.79. The van der Waals surface area contributed by atoms with Gasteiger partial charge in [-0.25, -0.2) is 22.0 Å². The molecule has 0 bridgehead atoms. The Balaban J connectivity index is 1.93. The highest BCUT2D eigenvalue weighted by Gasteiger charge is 2.34. The SMILES string of the molecule is CCCc1ccc2c(c1F)-c1c-2cc(-c2cccc(F)c2F)c(F)c1F. The first-order valence-corrected chi connectivity index (χ1v) is 8.24. The Kier molecular flexibility index (Phi) is 3.83. The lowest BCUT2D eigenvalue weighted by Gasteiger charge is -2.27. The Morgan fingerprint density at radius 1 is 0.654 bits per heavy atom. The van der Waals surface area contributed by atoms with E-state index in [9.17, 15) is 22.0 Å². The lowest BCUT2D eigenvalue weighted by atomic mass is 9.77. The zero-order chi connectivity index (χ0) is 18.6. The highest BCUT2D eigenvalue weighted by atomic mass is 19.2. The van der Waals surface area contributed by atoms with Gasteiger partial charge in [-0.15, -0.1) is 0 Å². The summed E-state index contributed by atoms with van der Waals surface area (Å²) >= 11 is 0. The molecule has 0 aliphatic heterocycles. The third-order valence-corrected chi connectivity index (χ3v) is 4.73. The van der Waals surface area contributed by atoms with Crippen LogP contribution in [-0.2, 0) is 6.42 Å². The number of halogens is 5. The minimum atomic E-state index is -1.32. The van der Waals surface area contributed by atoms with Crippen LogP contribution < -0.4 is 0 Å². The predicted molar refractivity (Wildman–Crippen MR) is 90.1 cm³/mol. The molecule has 0 aromatic heterocycles. The molecule has 132 valence electrons. The maximum absolute atomic E-state index is 14.6. The first kappa shape index (κ1) is 16.8. The lowest BCUT2D eigenvalue weighted by Crippen LogP contribution is -2.10. The zero-order valence-corrected chi connectivity index (χ0v) is 13.8. The van der Waals surface area contributed by atoms with Gasteiger partial charge in [-0.2, -0.15) is 0 Å². The van der Waals surface area contributed by atoms with Gasteiger partial charge >= 0.3 is 0 Å². The molecule has 0 N–H and O–H groups in total. The normalized spacial score (nSPS) is 11.8. The third-order valence-electron chi connectivity index (χ3n) is 4.73. The van der Waals surface area contributed by atoms with Gasteiger partial charge in [-0.1, -0.05) is 37.6 Å². The summed E-state index contributed by atoms with van der Waals surface area (Å²) in [5.41, 5.74) is 0.315. The summed E-state index contributed by atoms with van der Waals surface area (Å²) in [5.74, 6) is -5.53. The molecule has 0 fully saturated rings. The van der Waals surface area contributed by atoms with Crippen molar-refractivity contribution in [2.75, 3.05) is 0 Å². The van der Waals surface area contributed by atoms with Crippen LogP contribution in [0.15, 0.2) is 36.4 Å². The monoisotopic (exact) mass is 360 g/mol. The number of hydrogen-bond donors (Lipinski definition) is 0. The predicted octanol–water partition coefficient (Wildman–Crippen LogP) is 6.65. The molecule has 4 rings (SSSR count). The van der Waals surface area contributed by atoms with Crippen molar-refractivity contribution in [2.45, 2.75) is 19.8 Å². The Bertz CT molecular complexity index is 1050. The van der Waals surface area contributed by atoms with Crippen molar-refractivity contribution in [1.29, 1.82) is 0 Å². The van der Waals surface area contributed by atoms with Gasteiger partial charge in [0.2, 0.25) is 0 Å². The van der Waals surface area contributed by atoms with E-state index in [1.165, 1.54) is 18.2 Å². The second-order valence-electron chi connectivity index (χ2n) is 6.29. The molecule has 5 heteroatoms. The lowest BCUT2D eigenvalue weighted by molar-refractivity contribution is 0.501. The molecule has 0 amide bonds. The van der Waals surface area contributed by atoms with Crippen LogP contribution >= 0.6 is 0 Å². The molecule has 26 heavy (non-hydrogen) atoms. The van der Waals surface area contributed by atoms with Gasteiger partial charge in [0.15, 0.2) is 23.3 Å². The molecular weight excluding hydrogens is 347 g/mol. The van der Waals surface area contributed by atoms with Crippen molar-refractivity contribution in [1.82, 2.24) is 0 Å². The van der Waals surface area contributed by atoms with E-state index < -0.39 is 29.1 Å². The quantitative estimate of drug-likeness (QED) is 0.359. The van der Waals surface area contributed by atoms with Crippen molar-refractivity contribution in [3.63, 3.8) is 0 Å². The van der Waals surface area contributed by atoms with Crippen molar-refractivity contribution < 1.29 is 22.0 Å². The first-order chi connectivity index (χ1) is 12.5. The van der Waals surface area contributed by atoms with Gasteiger partial charge in [-0.05, 0) is 35.2 Å². The molecular formula is C21H13F5. The molecule has 0 unspecified atom stereocenters. The minimum absolute atomic E-state index is 0.0496. The van der Waals surface area contributed by atoms with Gasteiger partial charge in [0.05, 0.1) is 0 Å². The summed E-state index contributed by atoms with van der Waals surface area (Å²) in [7, 11) is 0. The fourth-order valence-electron chi connectivity index (χ4n) is 3.48. The van der Waals surface area contributed by atoms with E-state index in [1.807, 2.05) is 6.92 Å². The van der Waals surface area contributed by atoms with Crippen LogP contribution in [0.4, 0.5) is 22.0 Å². The smallest absolute Gasteiger partial charge is 0.168 e. The highest BCUT2D eigenvalue weighted by Crippen LogP contribution is 2.52. The minimum Gasteiger partial charge on any atom is -0.206 e. The number of rotatable bonds is 3. The topological polar surface area (TPSA) is 0 Å². The molecule has 0 atom stereocenters. The van der Waals surface area contributed by atoms with Crippen LogP contribution in [0, 0.1) is 29.1 Å². The standard InChI is InChI=1S/C21H13F5/c1-2-4-10-7-8-11-13-9-14(12-5-3-6-15(22)19(12)24)20(25)21(26)17(13)16(11)18(10)23/h3,5-9H,2,4H2,1H3. The molecule has 0 nitrogen and oxygen atoms in total. The number of fused-ring (bicyclic) bond motifs is 4. The van der Waals surface area contributed by atoms with Gasteiger partial charge in [0, 0.05) is 22.3 Å². The largest absolute Gasteiger partial charge is 0.206 e. The first-order valence-electron chi connectivity index (χ1n) is 8.24. The number of benzene rings is 3. The maximum atomic E-state index is 14.6.